The summed E-state index contributed by atoms with van der Waals surface area (Å²) >= 11 is 3.35. The molecule has 7 heteroatoms. The third kappa shape index (κ3) is 4.85. The molecule has 0 aliphatic carbocycles. The number of hydrogen-bond acceptors (Lipinski definition) is 5. The second-order valence-corrected chi connectivity index (χ2v) is 4.99. The standard InChI is InChI=1S/C15H14BrN3O3/c1-21-12-5-6-14(13(16)8-12)22-10-15(20)19-18-9-11-4-2-3-7-17-11/h2-9H,10H2,1H3,(H,19,20). The lowest BCUT2D eigenvalue weighted by molar-refractivity contribution is -0.123. The summed E-state index contributed by atoms with van der Waals surface area (Å²) < 4.78 is 11.2. The maximum Gasteiger partial charge on any atom is 0.277 e. The zero-order valence-corrected chi connectivity index (χ0v) is 13.4. The Labute approximate surface area is 136 Å². The Hall–Kier alpha value is -2.41. The van der Waals surface area contributed by atoms with Crippen LogP contribution in [0.3, 0.4) is 0 Å². The van der Waals surface area contributed by atoms with Crippen LogP contribution < -0.4 is 14.9 Å². The molecular weight excluding hydrogens is 350 g/mol. The number of methoxy groups -OCH3 is 1. The van der Waals surface area contributed by atoms with Crippen molar-refractivity contribution in [3.05, 3.63) is 52.8 Å². The zero-order valence-electron chi connectivity index (χ0n) is 11.8. The van der Waals surface area contributed by atoms with Crippen molar-refractivity contribution in [3.63, 3.8) is 0 Å². The summed E-state index contributed by atoms with van der Waals surface area (Å²) in [5.74, 6) is 0.878. The monoisotopic (exact) mass is 363 g/mol. The van der Waals surface area contributed by atoms with E-state index < -0.39 is 0 Å². The van der Waals surface area contributed by atoms with Gasteiger partial charge < -0.3 is 9.47 Å². The predicted molar refractivity (Wildman–Crippen MR) is 86.2 cm³/mol. The van der Waals surface area contributed by atoms with Crippen molar-refractivity contribution < 1.29 is 14.3 Å². The number of benzene rings is 1. The highest BCUT2D eigenvalue weighted by molar-refractivity contribution is 9.10. The number of rotatable bonds is 6. The fourth-order valence-electron chi connectivity index (χ4n) is 1.52. The van der Waals surface area contributed by atoms with E-state index >= 15 is 0 Å². The normalized spacial score (nSPS) is 10.5. The molecule has 6 nitrogen and oxygen atoms in total. The van der Waals surface area contributed by atoms with Gasteiger partial charge in [-0.3, -0.25) is 9.78 Å². The van der Waals surface area contributed by atoms with Gasteiger partial charge in [0.05, 0.1) is 23.5 Å². The van der Waals surface area contributed by atoms with Crippen molar-refractivity contribution in [2.45, 2.75) is 0 Å². The van der Waals surface area contributed by atoms with Gasteiger partial charge >= 0.3 is 0 Å². The van der Waals surface area contributed by atoms with E-state index in [9.17, 15) is 4.79 Å². The van der Waals surface area contributed by atoms with Crippen molar-refractivity contribution in [2.75, 3.05) is 13.7 Å². The summed E-state index contributed by atoms with van der Waals surface area (Å²) in [6.07, 6.45) is 3.11. The molecule has 2 aromatic rings. The topological polar surface area (TPSA) is 72.8 Å². The summed E-state index contributed by atoms with van der Waals surface area (Å²) in [5, 5.41) is 3.80. The molecule has 0 radical (unpaired) electrons. The molecule has 1 aromatic carbocycles. The first-order valence-corrected chi connectivity index (χ1v) is 7.17. The molecule has 2 rings (SSSR count). The molecule has 0 unspecified atom stereocenters. The Kier molecular flexibility index (Phi) is 5.91. The molecule has 0 aliphatic heterocycles. The number of nitrogens with zero attached hydrogens (tertiary/aromatic N) is 2. The summed E-state index contributed by atoms with van der Waals surface area (Å²) in [6, 6.07) is 10.6. The highest BCUT2D eigenvalue weighted by atomic mass is 79.9. The van der Waals surface area contributed by atoms with Crippen molar-refractivity contribution in [2.24, 2.45) is 5.10 Å². The number of amides is 1. The van der Waals surface area contributed by atoms with Gasteiger partial charge in [0.2, 0.25) is 0 Å². The van der Waals surface area contributed by atoms with Gasteiger partial charge in [0.25, 0.3) is 5.91 Å². The van der Waals surface area contributed by atoms with Crippen LogP contribution in [-0.2, 0) is 4.79 Å². The molecule has 22 heavy (non-hydrogen) atoms. The van der Waals surface area contributed by atoms with Gasteiger partial charge in [-0.1, -0.05) is 6.07 Å². The van der Waals surface area contributed by atoms with E-state index in [1.54, 1.807) is 43.6 Å². The number of carbonyl (C=O) groups excluding carboxylic acids is 1. The molecule has 0 fully saturated rings. The summed E-state index contributed by atoms with van der Waals surface area (Å²) in [4.78, 5) is 15.7. The third-order valence-corrected chi connectivity index (χ3v) is 3.19. The van der Waals surface area contributed by atoms with Crippen molar-refractivity contribution >= 4 is 28.1 Å². The Morgan fingerprint density at radius 1 is 1.41 bits per heavy atom. The number of carbonyl (C=O) groups is 1. The fraction of sp³-hybridized carbons (Fsp3) is 0.133. The van der Waals surface area contributed by atoms with Gasteiger partial charge in [0.15, 0.2) is 6.61 Å². The Morgan fingerprint density at radius 3 is 2.95 bits per heavy atom. The molecule has 0 aliphatic rings. The first-order valence-electron chi connectivity index (χ1n) is 6.38. The minimum atomic E-state index is -0.366. The second-order valence-electron chi connectivity index (χ2n) is 4.13. The van der Waals surface area contributed by atoms with Gasteiger partial charge in [-0.25, -0.2) is 5.43 Å². The SMILES string of the molecule is COc1ccc(OCC(=O)NN=Cc2ccccn2)c(Br)c1. The summed E-state index contributed by atoms with van der Waals surface area (Å²) in [7, 11) is 1.58. The Bertz CT molecular complexity index is 662. The van der Waals surface area contributed by atoms with Crippen molar-refractivity contribution in [3.8, 4) is 11.5 Å². The quantitative estimate of drug-likeness (QED) is 0.631. The van der Waals surface area contributed by atoms with Gasteiger partial charge in [0, 0.05) is 6.20 Å². The molecule has 0 bridgehead atoms. The zero-order chi connectivity index (χ0) is 15.8. The highest BCUT2D eigenvalue weighted by Gasteiger charge is 2.06. The molecule has 1 amide bonds. The molecule has 1 N–H and O–H groups in total. The number of halogens is 1. The molecule has 1 heterocycles. The van der Waals surface area contributed by atoms with E-state index in [0.717, 1.165) is 0 Å². The summed E-state index contributed by atoms with van der Waals surface area (Å²) in [6.45, 7) is -0.148. The number of nitrogens with one attached hydrogen (secondary N) is 1. The largest absolute Gasteiger partial charge is 0.497 e. The van der Waals surface area contributed by atoms with E-state index in [1.807, 2.05) is 6.07 Å². The van der Waals surface area contributed by atoms with Crippen LogP contribution in [0, 0.1) is 0 Å². The van der Waals surface area contributed by atoms with Crippen LogP contribution in [0.5, 0.6) is 11.5 Å². The van der Waals surface area contributed by atoms with E-state index in [-0.39, 0.29) is 12.5 Å². The average molecular weight is 364 g/mol. The molecule has 0 saturated carbocycles. The van der Waals surface area contributed by atoms with Crippen LogP contribution in [0.1, 0.15) is 5.69 Å². The van der Waals surface area contributed by atoms with Crippen molar-refractivity contribution in [1.29, 1.82) is 0 Å². The number of ether oxygens (including phenoxy) is 2. The third-order valence-electron chi connectivity index (χ3n) is 2.57. The summed E-state index contributed by atoms with van der Waals surface area (Å²) in [5.41, 5.74) is 3.02. The van der Waals surface area contributed by atoms with Crippen LogP contribution in [0.2, 0.25) is 0 Å². The molecule has 0 saturated heterocycles. The second kappa shape index (κ2) is 8.14. The van der Waals surface area contributed by atoms with E-state index in [4.69, 9.17) is 9.47 Å². The van der Waals surface area contributed by atoms with E-state index in [2.05, 4.69) is 31.4 Å². The number of hydrogen-bond donors (Lipinski definition) is 1. The van der Waals surface area contributed by atoms with Crippen molar-refractivity contribution in [1.82, 2.24) is 10.4 Å². The minimum absolute atomic E-state index is 0.148. The number of pyridine rings is 1. The first-order chi connectivity index (χ1) is 10.7. The lowest BCUT2D eigenvalue weighted by Gasteiger charge is -2.08. The molecular formula is C15H14BrN3O3. The van der Waals surface area contributed by atoms with Gasteiger partial charge in [-0.05, 0) is 46.3 Å². The molecule has 0 spiro atoms. The number of aromatic nitrogens is 1. The van der Waals surface area contributed by atoms with Gasteiger partial charge in [0.1, 0.15) is 11.5 Å². The van der Waals surface area contributed by atoms with E-state index in [0.29, 0.717) is 21.7 Å². The Balaban J connectivity index is 1.82. The minimum Gasteiger partial charge on any atom is -0.497 e. The molecule has 114 valence electrons. The average Bonchev–Trinajstić information content (AvgIpc) is 2.54. The maximum atomic E-state index is 11.6. The lowest BCUT2D eigenvalue weighted by atomic mass is 10.3. The Morgan fingerprint density at radius 2 is 2.27 bits per heavy atom. The lowest BCUT2D eigenvalue weighted by Crippen LogP contribution is -2.24. The molecule has 1 aromatic heterocycles. The molecule has 0 atom stereocenters. The maximum absolute atomic E-state index is 11.6. The van der Waals surface area contributed by atoms with Crippen LogP contribution in [-0.4, -0.2) is 30.8 Å². The first kappa shape index (κ1) is 16.0. The van der Waals surface area contributed by atoms with Crippen LogP contribution in [0.15, 0.2) is 52.2 Å². The predicted octanol–water partition coefficient (Wildman–Crippen LogP) is 2.38. The number of hydrazone groups is 1. The van der Waals surface area contributed by atoms with Gasteiger partial charge in [-0.15, -0.1) is 0 Å². The van der Waals surface area contributed by atoms with Crippen LogP contribution >= 0.6 is 15.9 Å². The van der Waals surface area contributed by atoms with Gasteiger partial charge in [-0.2, -0.15) is 5.10 Å². The highest BCUT2D eigenvalue weighted by Crippen LogP contribution is 2.28. The van der Waals surface area contributed by atoms with Crippen LogP contribution in [0.25, 0.3) is 0 Å². The van der Waals surface area contributed by atoms with E-state index in [1.165, 1.54) is 6.21 Å². The van der Waals surface area contributed by atoms with Crippen LogP contribution in [0.4, 0.5) is 0 Å². The smallest absolute Gasteiger partial charge is 0.277 e. The fourth-order valence-corrected chi connectivity index (χ4v) is 2.00.